The minimum atomic E-state index is -0.190. The maximum atomic E-state index is 13.5. The highest BCUT2D eigenvalue weighted by molar-refractivity contribution is 5.76. The highest BCUT2D eigenvalue weighted by Crippen LogP contribution is 2.39. The van der Waals surface area contributed by atoms with Crippen LogP contribution in [0.4, 0.5) is 4.39 Å². The predicted molar refractivity (Wildman–Crippen MR) is 74.3 cm³/mol. The Balaban J connectivity index is 1.72. The topological polar surface area (TPSA) is 39.1 Å². The first-order valence-electron chi connectivity index (χ1n) is 7.29. The molecule has 20 heavy (non-hydrogen) atoms. The van der Waals surface area contributed by atoms with Crippen LogP contribution in [0.5, 0.6) is 0 Å². The second-order valence-corrected chi connectivity index (χ2v) is 5.69. The molecule has 2 aliphatic rings. The van der Waals surface area contributed by atoms with Gasteiger partial charge in [0.25, 0.3) is 0 Å². The molecule has 0 bridgehead atoms. The molecule has 0 radical (unpaired) electrons. The summed E-state index contributed by atoms with van der Waals surface area (Å²) >= 11 is 0. The van der Waals surface area contributed by atoms with E-state index in [0.29, 0.717) is 12.1 Å². The number of imidazole rings is 1. The number of fused-ring (bicyclic) bond motifs is 1. The summed E-state index contributed by atoms with van der Waals surface area (Å²) in [5, 5.41) is 3.46. The molecule has 1 N–H and O–H groups in total. The van der Waals surface area contributed by atoms with Gasteiger partial charge in [-0.25, -0.2) is 9.37 Å². The molecule has 1 atom stereocenters. The molecule has 1 aromatic heterocycles. The summed E-state index contributed by atoms with van der Waals surface area (Å²) in [5.41, 5.74) is 1.82. The van der Waals surface area contributed by atoms with Crippen LogP contribution in [0.2, 0.25) is 0 Å². The Morgan fingerprint density at radius 1 is 1.40 bits per heavy atom. The average molecular weight is 275 g/mol. The van der Waals surface area contributed by atoms with Crippen molar-refractivity contribution in [2.24, 2.45) is 0 Å². The molecule has 5 heteroatoms. The molecule has 106 valence electrons. The second-order valence-electron chi connectivity index (χ2n) is 5.69. The van der Waals surface area contributed by atoms with Crippen LogP contribution in [-0.4, -0.2) is 35.4 Å². The highest BCUT2D eigenvalue weighted by atomic mass is 19.1. The normalized spacial score (nSPS) is 23.4. The van der Waals surface area contributed by atoms with E-state index in [2.05, 4.69) is 9.88 Å². The first-order chi connectivity index (χ1) is 9.81. The molecule has 1 saturated carbocycles. The zero-order valence-electron chi connectivity index (χ0n) is 11.3. The largest absolute Gasteiger partial charge is 0.379 e. The van der Waals surface area contributed by atoms with Gasteiger partial charge in [-0.05, 0) is 31.0 Å². The lowest BCUT2D eigenvalue weighted by molar-refractivity contribution is 0.0761. The molecular formula is C15H18FN3O. The van der Waals surface area contributed by atoms with E-state index in [-0.39, 0.29) is 5.82 Å². The number of morpholine rings is 1. The Morgan fingerprint density at radius 2 is 2.30 bits per heavy atom. The van der Waals surface area contributed by atoms with Crippen LogP contribution in [-0.2, 0) is 11.2 Å². The van der Waals surface area contributed by atoms with E-state index in [4.69, 9.17) is 9.72 Å². The molecular weight excluding hydrogens is 257 g/mol. The second kappa shape index (κ2) is 4.82. The molecule has 2 aromatic rings. The average Bonchev–Trinajstić information content (AvgIpc) is 3.23. The fourth-order valence-corrected chi connectivity index (χ4v) is 2.97. The van der Waals surface area contributed by atoms with Crippen molar-refractivity contribution in [1.29, 1.82) is 0 Å². The zero-order valence-corrected chi connectivity index (χ0v) is 11.3. The molecule has 0 spiro atoms. The first kappa shape index (κ1) is 12.3. The fraction of sp³-hybridized carbons (Fsp3) is 0.533. The standard InChI is InChI=1S/C15H18FN3O/c16-10-1-4-13-14(7-10)19(12-2-3-12)15(18-13)8-11-9-20-6-5-17-11/h1,4,7,11-12,17H,2-3,5-6,8-9H2. The van der Waals surface area contributed by atoms with Gasteiger partial charge in [-0.2, -0.15) is 0 Å². The number of benzene rings is 1. The number of ether oxygens (including phenoxy) is 1. The van der Waals surface area contributed by atoms with Crippen LogP contribution in [0.3, 0.4) is 0 Å². The number of aromatic nitrogens is 2. The van der Waals surface area contributed by atoms with Crippen LogP contribution in [0.25, 0.3) is 11.0 Å². The van der Waals surface area contributed by atoms with Gasteiger partial charge in [0.15, 0.2) is 0 Å². The van der Waals surface area contributed by atoms with E-state index in [9.17, 15) is 4.39 Å². The molecule has 4 nitrogen and oxygen atoms in total. The Kier molecular flexibility index (Phi) is 2.97. The summed E-state index contributed by atoms with van der Waals surface area (Å²) in [4.78, 5) is 4.71. The number of hydrogen-bond acceptors (Lipinski definition) is 3. The van der Waals surface area contributed by atoms with Gasteiger partial charge in [-0.1, -0.05) is 0 Å². The summed E-state index contributed by atoms with van der Waals surface area (Å²) in [6.45, 7) is 2.39. The summed E-state index contributed by atoms with van der Waals surface area (Å²) in [7, 11) is 0. The Hall–Kier alpha value is -1.46. The van der Waals surface area contributed by atoms with Crippen molar-refractivity contribution in [2.45, 2.75) is 31.3 Å². The summed E-state index contributed by atoms with van der Waals surface area (Å²) in [6.07, 6.45) is 3.18. The van der Waals surface area contributed by atoms with Gasteiger partial charge in [-0.15, -0.1) is 0 Å². The van der Waals surface area contributed by atoms with Crippen LogP contribution < -0.4 is 5.32 Å². The van der Waals surface area contributed by atoms with Crippen molar-refractivity contribution in [3.63, 3.8) is 0 Å². The molecule has 1 unspecified atom stereocenters. The minimum Gasteiger partial charge on any atom is -0.379 e. The van der Waals surface area contributed by atoms with Gasteiger partial charge >= 0.3 is 0 Å². The summed E-state index contributed by atoms with van der Waals surface area (Å²) < 4.78 is 21.2. The number of rotatable bonds is 3. The van der Waals surface area contributed by atoms with E-state index in [0.717, 1.165) is 43.0 Å². The zero-order chi connectivity index (χ0) is 13.5. The SMILES string of the molecule is Fc1ccc2nc(CC3COCCN3)n(C3CC3)c2c1. The molecule has 4 rings (SSSR count). The maximum Gasteiger partial charge on any atom is 0.125 e. The summed E-state index contributed by atoms with van der Waals surface area (Å²) in [6, 6.07) is 5.68. The quantitative estimate of drug-likeness (QED) is 0.931. The third-order valence-electron chi connectivity index (χ3n) is 4.06. The van der Waals surface area contributed by atoms with Crippen molar-refractivity contribution in [2.75, 3.05) is 19.8 Å². The third kappa shape index (κ3) is 2.21. The van der Waals surface area contributed by atoms with Crippen LogP contribution in [0.1, 0.15) is 24.7 Å². The first-order valence-corrected chi connectivity index (χ1v) is 7.29. The lowest BCUT2D eigenvalue weighted by atomic mass is 10.2. The van der Waals surface area contributed by atoms with E-state index >= 15 is 0 Å². The molecule has 0 amide bonds. The van der Waals surface area contributed by atoms with Crippen LogP contribution >= 0.6 is 0 Å². The minimum absolute atomic E-state index is 0.190. The number of nitrogens with one attached hydrogen (secondary N) is 1. The Bertz CT molecular complexity index is 629. The lowest BCUT2D eigenvalue weighted by Gasteiger charge is -2.23. The fourth-order valence-electron chi connectivity index (χ4n) is 2.97. The van der Waals surface area contributed by atoms with E-state index in [1.807, 2.05) is 0 Å². The molecule has 1 aliphatic carbocycles. The van der Waals surface area contributed by atoms with Crippen molar-refractivity contribution in [1.82, 2.24) is 14.9 Å². The monoisotopic (exact) mass is 275 g/mol. The third-order valence-corrected chi connectivity index (χ3v) is 4.06. The molecule has 2 heterocycles. The van der Waals surface area contributed by atoms with E-state index < -0.39 is 0 Å². The van der Waals surface area contributed by atoms with Gasteiger partial charge in [-0.3, -0.25) is 0 Å². The van der Waals surface area contributed by atoms with Crippen LogP contribution in [0, 0.1) is 5.82 Å². The van der Waals surface area contributed by atoms with E-state index in [1.165, 1.54) is 18.9 Å². The molecule has 1 aliphatic heterocycles. The smallest absolute Gasteiger partial charge is 0.125 e. The number of hydrogen-bond donors (Lipinski definition) is 1. The Labute approximate surface area is 116 Å². The lowest BCUT2D eigenvalue weighted by Crippen LogP contribution is -2.43. The van der Waals surface area contributed by atoms with Crippen molar-refractivity contribution < 1.29 is 9.13 Å². The molecule has 1 saturated heterocycles. The van der Waals surface area contributed by atoms with Crippen molar-refractivity contribution in [3.05, 3.63) is 29.8 Å². The van der Waals surface area contributed by atoms with Gasteiger partial charge < -0.3 is 14.6 Å². The van der Waals surface area contributed by atoms with Gasteiger partial charge in [0, 0.05) is 25.0 Å². The molecule has 1 aromatic carbocycles. The number of nitrogens with zero attached hydrogens (tertiary/aromatic N) is 2. The van der Waals surface area contributed by atoms with Crippen LogP contribution in [0.15, 0.2) is 18.2 Å². The number of halogens is 1. The van der Waals surface area contributed by atoms with Gasteiger partial charge in [0.05, 0.1) is 24.2 Å². The van der Waals surface area contributed by atoms with E-state index in [1.54, 1.807) is 12.1 Å². The Morgan fingerprint density at radius 3 is 3.05 bits per heavy atom. The van der Waals surface area contributed by atoms with Crippen molar-refractivity contribution >= 4 is 11.0 Å². The van der Waals surface area contributed by atoms with Gasteiger partial charge in [0.2, 0.25) is 0 Å². The van der Waals surface area contributed by atoms with Crippen molar-refractivity contribution in [3.8, 4) is 0 Å². The molecule has 2 fully saturated rings. The maximum absolute atomic E-state index is 13.5. The highest BCUT2D eigenvalue weighted by Gasteiger charge is 2.29. The predicted octanol–water partition coefficient (Wildman–Crippen LogP) is 2.04. The summed E-state index contributed by atoms with van der Waals surface area (Å²) in [5.74, 6) is 0.862. The van der Waals surface area contributed by atoms with Gasteiger partial charge in [0.1, 0.15) is 11.6 Å².